The molecule has 1 aliphatic rings. The molecule has 1 fully saturated rings. The van der Waals surface area contributed by atoms with Gasteiger partial charge in [-0.1, -0.05) is 26.3 Å². The topological polar surface area (TPSA) is 15.3 Å². The Morgan fingerprint density at radius 2 is 1.81 bits per heavy atom. The van der Waals surface area contributed by atoms with Gasteiger partial charge >= 0.3 is 0 Å². The van der Waals surface area contributed by atoms with Crippen LogP contribution in [-0.4, -0.2) is 31.1 Å². The fraction of sp³-hybridized carbons (Fsp3) is 0.625. The predicted molar refractivity (Wildman–Crippen MR) is 77.6 cm³/mol. The van der Waals surface area contributed by atoms with Crippen LogP contribution in [0.4, 0.5) is 13.2 Å². The van der Waals surface area contributed by atoms with Crippen LogP contribution in [0.3, 0.4) is 0 Å². The third kappa shape index (κ3) is 3.58. The van der Waals surface area contributed by atoms with E-state index < -0.39 is 17.5 Å². The molecule has 0 bridgehead atoms. The number of rotatable bonds is 5. The summed E-state index contributed by atoms with van der Waals surface area (Å²) in [5.74, 6) is -3.34. The molecular formula is C16H23F3N2. The van der Waals surface area contributed by atoms with Gasteiger partial charge in [0.2, 0.25) is 0 Å². The zero-order chi connectivity index (χ0) is 15.4. The summed E-state index contributed by atoms with van der Waals surface area (Å²) in [5, 5.41) is 3.26. The first kappa shape index (κ1) is 16.3. The smallest absolute Gasteiger partial charge is 0.194 e. The van der Waals surface area contributed by atoms with Gasteiger partial charge in [0.15, 0.2) is 17.5 Å². The SMILES string of the molecule is CCCC(C)[C@@H](c1ccc(F)c(F)c1F)N1CCNCC1. The lowest BCUT2D eigenvalue weighted by atomic mass is 9.88. The number of benzene rings is 1. The molecule has 1 saturated heterocycles. The third-order valence-corrected chi connectivity index (χ3v) is 4.21. The first-order valence-corrected chi connectivity index (χ1v) is 7.64. The summed E-state index contributed by atoms with van der Waals surface area (Å²) in [7, 11) is 0. The summed E-state index contributed by atoms with van der Waals surface area (Å²) in [6.07, 6.45) is 1.90. The quantitative estimate of drug-likeness (QED) is 0.838. The van der Waals surface area contributed by atoms with Crippen molar-refractivity contribution >= 4 is 0 Å². The standard InChI is InChI=1S/C16H23F3N2/c1-3-4-11(2)16(21-9-7-20-8-10-21)12-5-6-13(17)15(19)14(12)18/h5-6,11,16,20H,3-4,7-10H2,1-2H3/t11?,16-/m0/s1. The Bertz CT molecular complexity index is 473. The Morgan fingerprint density at radius 3 is 2.43 bits per heavy atom. The second-order valence-corrected chi connectivity index (χ2v) is 5.76. The van der Waals surface area contributed by atoms with E-state index in [1.165, 1.54) is 6.07 Å². The highest BCUT2D eigenvalue weighted by Gasteiger charge is 2.30. The molecule has 2 nitrogen and oxygen atoms in total. The van der Waals surface area contributed by atoms with Crippen molar-refractivity contribution in [1.82, 2.24) is 10.2 Å². The molecule has 0 saturated carbocycles. The normalized spacial score (nSPS) is 19.5. The Kier molecular flexibility index (Phi) is 5.65. The fourth-order valence-corrected chi connectivity index (χ4v) is 3.21. The first-order valence-electron chi connectivity index (χ1n) is 7.64. The van der Waals surface area contributed by atoms with Crippen LogP contribution < -0.4 is 5.32 Å². The molecular weight excluding hydrogens is 277 g/mol. The van der Waals surface area contributed by atoms with Crippen LogP contribution in [0.15, 0.2) is 12.1 Å². The molecule has 1 heterocycles. The highest BCUT2D eigenvalue weighted by molar-refractivity contribution is 5.24. The first-order chi connectivity index (χ1) is 10.1. The highest BCUT2D eigenvalue weighted by Crippen LogP contribution is 2.34. The van der Waals surface area contributed by atoms with Gasteiger partial charge in [-0.2, -0.15) is 0 Å². The van der Waals surface area contributed by atoms with Gasteiger partial charge in [-0.25, -0.2) is 13.2 Å². The number of piperazine rings is 1. The van der Waals surface area contributed by atoms with Crippen LogP contribution in [0.25, 0.3) is 0 Å². The van der Waals surface area contributed by atoms with Crippen molar-refractivity contribution in [2.24, 2.45) is 5.92 Å². The molecule has 21 heavy (non-hydrogen) atoms. The Balaban J connectivity index is 2.36. The van der Waals surface area contributed by atoms with Gasteiger partial charge in [0.05, 0.1) is 0 Å². The average molecular weight is 300 g/mol. The molecule has 1 aliphatic heterocycles. The summed E-state index contributed by atoms with van der Waals surface area (Å²) < 4.78 is 41.0. The molecule has 1 N–H and O–H groups in total. The third-order valence-electron chi connectivity index (χ3n) is 4.21. The molecule has 118 valence electrons. The molecule has 0 aromatic heterocycles. The summed E-state index contributed by atoms with van der Waals surface area (Å²) in [4.78, 5) is 2.17. The van der Waals surface area contributed by atoms with Crippen molar-refractivity contribution in [2.45, 2.75) is 32.7 Å². The second kappa shape index (κ2) is 7.27. The Morgan fingerprint density at radius 1 is 1.14 bits per heavy atom. The van der Waals surface area contributed by atoms with Gasteiger partial charge in [-0.05, 0) is 18.4 Å². The van der Waals surface area contributed by atoms with Gasteiger partial charge in [0.1, 0.15) is 0 Å². The maximum Gasteiger partial charge on any atom is 0.194 e. The van der Waals surface area contributed by atoms with Gasteiger partial charge in [-0.15, -0.1) is 0 Å². The molecule has 0 aliphatic carbocycles. The molecule has 1 unspecified atom stereocenters. The van der Waals surface area contributed by atoms with E-state index in [1.807, 2.05) is 0 Å². The maximum absolute atomic E-state index is 14.2. The van der Waals surface area contributed by atoms with Crippen LogP contribution in [0, 0.1) is 23.4 Å². The fourth-order valence-electron chi connectivity index (χ4n) is 3.21. The van der Waals surface area contributed by atoms with Gasteiger partial charge in [0, 0.05) is 37.8 Å². The number of nitrogens with zero attached hydrogens (tertiary/aromatic N) is 1. The summed E-state index contributed by atoms with van der Waals surface area (Å²) >= 11 is 0. The lowest BCUT2D eigenvalue weighted by molar-refractivity contribution is 0.122. The van der Waals surface area contributed by atoms with E-state index >= 15 is 0 Å². The predicted octanol–water partition coefficient (Wildman–Crippen LogP) is 3.49. The van der Waals surface area contributed by atoms with E-state index in [1.54, 1.807) is 0 Å². The lowest BCUT2D eigenvalue weighted by Gasteiger charge is -2.38. The molecule has 1 aromatic rings. The van der Waals surface area contributed by atoms with E-state index in [4.69, 9.17) is 0 Å². The maximum atomic E-state index is 14.2. The average Bonchev–Trinajstić information content (AvgIpc) is 2.49. The molecule has 1 aromatic carbocycles. The summed E-state index contributed by atoms with van der Waals surface area (Å²) in [5.41, 5.74) is 0.275. The second-order valence-electron chi connectivity index (χ2n) is 5.76. The Hall–Kier alpha value is -1.07. The van der Waals surface area contributed by atoms with Crippen molar-refractivity contribution in [3.63, 3.8) is 0 Å². The summed E-state index contributed by atoms with van der Waals surface area (Å²) in [6, 6.07) is 2.22. The van der Waals surface area contributed by atoms with Crippen molar-refractivity contribution < 1.29 is 13.2 Å². The Labute approximate surface area is 124 Å². The van der Waals surface area contributed by atoms with Crippen molar-refractivity contribution in [2.75, 3.05) is 26.2 Å². The van der Waals surface area contributed by atoms with E-state index in [0.717, 1.165) is 45.1 Å². The van der Waals surface area contributed by atoms with Crippen LogP contribution in [-0.2, 0) is 0 Å². The minimum Gasteiger partial charge on any atom is -0.314 e. The minimum absolute atomic E-state index is 0.187. The number of halogens is 3. The van der Waals surface area contributed by atoms with Crippen LogP contribution in [0.2, 0.25) is 0 Å². The van der Waals surface area contributed by atoms with Gasteiger partial charge < -0.3 is 5.32 Å². The van der Waals surface area contributed by atoms with Crippen LogP contribution in [0.5, 0.6) is 0 Å². The molecule has 0 spiro atoms. The zero-order valence-electron chi connectivity index (χ0n) is 12.6. The molecule has 0 amide bonds. The van der Waals surface area contributed by atoms with Crippen molar-refractivity contribution in [3.05, 3.63) is 35.1 Å². The van der Waals surface area contributed by atoms with E-state index in [0.29, 0.717) is 0 Å². The molecule has 0 radical (unpaired) electrons. The number of nitrogens with one attached hydrogen (secondary N) is 1. The van der Waals surface area contributed by atoms with Gasteiger partial charge in [-0.3, -0.25) is 4.90 Å². The van der Waals surface area contributed by atoms with Crippen LogP contribution >= 0.6 is 0 Å². The highest BCUT2D eigenvalue weighted by atomic mass is 19.2. The molecule has 5 heteroatoms. The van der Waals surface area contributed by atoms with Gasteiger partial charge in [0.25, 0.3) is 0 Å². The van der Waals surface area contributed by atoms with E-state index in [-0.39, 0.29) is 17.5 Å². The van der Waals surface area contributed by atoms with Crippen LogP contribution in [0.1, 0.15) is 38.3 Å². The monoisotopic (exact) mass is 300 g/mol. The number of hydrogen-bond donors (Lipinski definition) is 1. The van der Waals surface area contributed by atoms with E-state index in [9.17, 15) is 13.2 Å². The minimum atomic E-state index is -1.36. The zero-order valence-corrected chi connectivity index (χ0v) is 12.6. The van der Waals surface area contributed by atoms with E-state index in [2.05, 4.69) is 24.1 Å². The van der Waals surface area contributed by atoms with Crippen molar-refractivity contribution in [3.8, 4) is 0 Å². The number of hydrogen-bond acceptors (Lipinski definition) is 2. The lowest BCUT2D eigenvalue weighted by Crippen LogP contribution is -2.47. The molecule has 2 rings (SSSR count). The largest absolute Gasteiger partial charge is 0.314 e. The molecule has 2 atom stereocenters. The van der Waals surface area contributed by atoms with Crippen molar-refractivity contribution in [1.29, 1.82) is 0 Å². The summed E-state index contributed by atoms with van der Waals surface area (Å²) in [6.45, 7) is 7.37.